The number of hydrogen-bond donors (Lipinski definition) is 3. The minimum Gasteiger partial charge on any atom is -0.483 e. The Bertz CT molecular complexity index is 1060. The molecule has 1 unspecified atom stereocenters. The van der Waals surface area contributed by atoms with Gasteiger partial charge in [0.15, 0.2) is 11.7 Å². The van der Waals surface area contributed by atoms with Crippen molar-refractivity contribution in [1.82, 2.24) is 16.2 Å². The zero-order valence-corrected chi connectivity index (χ0v) is 18.5. The Morgan fingerprint density at radius 1 is 1.06 bits per heavy atom. The summed E-state index contributed by atoms with van der Waals surface area (Å²) in [6, 6.07) is 9.81. The Labute approximate surface area is 193 Å². The van der Waals surface area contributed by atoms with Gasteiger partial charge in [0.05, 0.1) is 21.5 Å². The molecule has 0 aliphatic rings. The molecule has 0 heterocycles. The molecule has 1 atom stereocenters. The van der Waals surface area contributed by atoms with Gasteiger partial charge in [-0.1, -0.05) is 32.0 Å². The fourth-order valence-corrected chi connectivity index (χ4v) is 2.83. The number of benzene rings is 2. The quantitative estimate of drug-likeness (QED) is 0.295. The molecule has 0 radical (unpaired) electrons. The molecule has 0 saturated heterocycles. The van der Waals surface area contributed by atoms with Gasteiger partial charge >= 0.3 is 0 Å². The fraction of sp³-hybridized carbons (Fsp3) is 0.250. The van der Waals surface area contributed by atoms with Crippen LogP contribution in [-0.2, 0) is 4.79 Å². The second-order valence-corrected chi connectivity index (χ2v) is 7.25. The van der Waals surface area contributed by atoms with Gasteiger partial charge in [0, 0.05) is 12.1 Å². The summed E-state index contributed by atoms with van der Waals surface area (Å²) in [6.07, 6.45) is 0.899. The van der Waals surface area contributed by atoms with Crippen LogP contribution in [-0.4, -0.2) is 33.4 Å². The van der Waals surface area contributed by atoms with E-state index >= 15 is 0 Å². The number of rotatable bonds is 8. The van der Waals surface area contributed by atoms with Crippen LogP contribution in [0.2, 0.25) is 0 Å². The normalized spacial score (nSPS) is 11.1. The summed E-state index contributed by atoms with van der Waals surface area (Å²) in [5, 5.41) is 23.7. The highest BCUT2D eigenvalue weighted by molar-refractivity contribution is 7.80. The molecule has 0 saturated carbocycles. The number of nitro groups is 2. The first-order valence-electron chi connectivity index (χ1n) is 9.68. The molecule has 0 bridgehead atoms. The van der Waals surface area contributed by atoms with E-state index in [1.807, 2.05) is 26.0 Å². The van der Waals surface area contributed by atoms with Crippen LogP contribution in [0.25, 0.3) is 0 Å². The topological polar surface area (TPSA) is 166 Å². The SMILES string of the molecule is CCC(C)c1ccccc1OCC(=O)NNC(=S)NC(=O)c1cc([N+](=O)[O-])cc([N+](=O)[O-])c1. The van der Waals surface area contributed by atoms with Crippen molar-refractivity contribution in [3.8, 4) is 5.75 Å². The molecule has 3 N–H and O–H groups in total. The van der Waals surface area contributed by atoms with Gasteiger partial charge in [-0.15, -0.1) is 0 Å². The number of nitro benzene ring substituents is 2. The Morgan fingerprint density at radius 2 is 1.67 bits per heavy atom. The lowest BCUT2D eigenvalue weighted by atomic mass is 9.98. The number of carbonyl (C=O) groups is 2. The van der Waals surface area contributed by atoms with E-state index in [0.717, 1.165) is 30.2 Å². The number of nitrogens with one attached hydrogen (secondary N) is 3. The van der Waals surface area contributed by atoms with Crippen LogP contribution in [0.1, 0.15) is 42.1 Å². The number of para-hydroxylation sites is 1. The summed E-state index contributed by atoms with van der Waals surface area (Å²) >= 11 is 4.90. The summed E-state index contributed by atoms with van der Waals surface area (Å²) in [4.78, 5) is 44.5. The predicted octanol–water partition coefficient (Wildman–Crippen LogP) is 2.73. The van der Waals surface area contributed by atoms with E-state index in [-0.39, 0.29) is 23.2 Å². The third-order valence-electron chi connectivity index (χ3n) is 4.55. The molecule has 33 heavy (non-hydrogen) atoms. The molecule has 2 amide bonds. The number of thiocarbonyl (C=S) groups is 1. The third-order valence-corrected chi connectivity index (χ3v) is 4.75. The fourth-order valence-electron chi connectivity index (χ4n) is 2.69. The molecule has 0 aliphatic carbocycles. The van der Waals surface area contributed by atoms with Gasteiger partial charge in [0.2, 0.25) is 0 Å². The minimum absolute atomic E-state index is 0.245. The molecule has 0 aromatic heterocycles. The van der Waals surface area contributed by atoms with E-state index in [1.54, 1.807) is 12.1 Å². The lowest BCUT2D eigenvalue weighted by Crippen LogP contribution is -2.49. The zero-order valence-electron chi connectivity index (χ0n) is 17.7. The van der Waals surface area contributed by atoms with Crippen LogP contribution in [0, 0.1) is 20.2 Å². The molecular weight excluding hydrogens is 454 g/mol. The smallest absolute Gasteiger partial charge is 0.277 e. The van der Waals surface area contributed by atoms with Gasteiger partial charge in [-0.3, -0.25) is 46.0 Å². The molecule has 2 aromatic rings. The second-order valence-electron chi connectivity index (χ2n) is 6.84. The number of nitrogens with zero attached hydrogens (tertiary/aromatic N) is 2. The summed E-state index contributed by atoms with van der Waals surface area (Å²) in [5.41, 5.74) is 3.90. The zero-order chi connectivity index (χ0) is 24.5. The third kappa shape index (κ3) is 7.21. The number of hydrazine groups is 1. The van der Waals surface area contributed by atoms with Gasteiger partial charge in [-0.25, -0.2) is 0 Å². The number of non-ortho nitro benzene ring substituents is 2. The van der Waals surface area contributed by atoms with Gasteiger partial charge in [-0.05, 0) is 36.2 Å². The first-order chi connectivity index (χ1) is 15.6. The van der Waals surface area contributed by atoms with Crippen molar-refractivity contribution in [3.05, 3.63) is 73.8 Å². The standard InChI is InChI=1S/C20H21N5O7S/c1-3-12(2)16-6-4-5-7-17(16)32-11-18(26)22-23-20(33)21-19(27)13-8-14(24(28)29)10-15(9-13)25(30)31/h4-10,12H,3,11H2,1-2H3,(H,22,26)(H2,21,23,27,33). The maximum Gasteiger partial charge on any atom is 0.277 e. The van der Waals surface area contributed by atoms with Crippen LogP contribution >= 0.6 is 12.2 Å². The van der Waals surface area contributed by atoms with Crippen molar-refractivity contribution in [1.29, 1.82) is 0 Å². The number of hydrogen-bond acceptors (Lipinski definition) is 8. The van der Waals surface area contributed by atoms with Crippen LogP contribution in [0.15, 0.2) is 42.5 Å². The molecular formula is C20H21N5O7S. The second kappa shape index (κ2) is 11.5. The predicted molar refractivity (Wildman–Crippen MR) is 122 cm³/mol. The average Bonchev–Trinajstić information content (AvgIpc) is 2.80. The Hall–Kier alpha value is -4.13. The molecule has 2 rings (SSSR count). The first kappa shape index (κ1) is 25.1. The van der Waals surface area contributed by atoms with Crippen molar-refractivity contribution in [2.75, 3.05) is 6.61 Å². The van der Waals surface area contributed by atoms with Crippen LogP contribution in [0.5, 0.6) is 5.75 Å². The number of amides is 2. The monoisotopic (exact) mass is 475 g/mol. The van der Waals surface area contributed by atoms with Crippen molar-refractivity contribution in [3.63, 3.8) is 0 Å². The highest BCUT2D eigenvalue weighted by Gasteiger charge is 2.20. The Balaban J connectivity index is 1.92. The van der Waals surface area contributed by atoms with E-state index < -0.39 is 33.0 Å². The molecule has 0 fully saturated rings. The largest absolute Gasteiger partial charge is 0.483 e. The molecule has 12 nitrogen and oxygen atoms in total. The Kier molecular flexibility index (Phi) is 8.74. The number of ether oxygens (including phenoxy) is 1. The first-order valence-corrected chi connectivity index (χ1v) is 10.1. The van der Waals surface area contributed by atoms with Crippen molar-refractivity contribution in [2.24, 2.45) is 0 Å². The lowest BCUT2D eigenvalue weighted by molar-refractivity contribution is -0.394. The van der Waals surface area contributed by atoms with E-state index in [4.69, 9.17) is 17.0 Å². The van der Waals surface area contributed by atoms with Crippen molar-refractivity contribution < 1.29 is 24.2 Å². The van der Waals surface area contributed by atoms with E-state index in [1.165, 1.54) is 0 Å². The van der Waals surface area contributed by atoms with Crippen LogP contribution < -0.4 is 20.9 Å². The van der Waals surface area contributed by atoms with E-state index in [0.29, 0.717) is 5.75 Å². The van der Waals surface area contributed by atoms with Crippen LogP contribution in [0.4, 0.5) is 11.4 Å². The van der Waals surface area contributed by atoms with Gasteiger partial charge in [-0.2, -0.15) is 0 Å². The lowest BCUT2D eigenvalue weighted by Gasteiger charge is -2.16. The summed E-state index contributed by atoms with van der Waals surface area (Å²) in [7, 11) is 0. The van der Waals surface area contributed by atoms with Gasteiger partial charge in [0.1, 0.15) is 5.75 Å². The van der Waals surface area contributed by atoms with Crippen molar-refractivity contribution >= 4 is 40.5 Å². The Morgan fingerprint density at radius 3 is 2.24 bits per heavy atom. The van der Waals surface area contributed by atoms with Gasteiger partial charge < -0.3 is 4.74 Å². The summed E-state index contributed by atoms with van der Waals surface area (Å²) in [5.74, 6) is -0.705. The van der Waals surface area contributed by atoms with Crippen molar-refractivity contribution in [2.45, 2.75) is 26.2 Å². The van der Waals surface area contributed by atoms with Gasteiger partial charge in [0.25, 0.3) is 23.2 Å². The molecule has 13 heteroatoms. The summed E-state index contributed by atoms with van der Waals surface area (Å²) in [6.45, 7) is 3.76. The number of carbonyl (C=O) groups excluding carboxylic acids is 2. The highest BCUT2D eigenvalue weighted by atomic mass is 32.1. The maximum absolute atomic E-state index is 12.3. The van der Waals surface area contributed by atoms with E-state index in [9.17, 15) is 29.8 Å². The molecule has 0 aliphatic heterocycles. The average molecular weight is 475 g/mol. The van der Waals surface area contributed by atoms with E-state index in [2.05, 4.69) is 16.2 Å². The molecule has 174 valence electrons. The molecule has 2 aromatic carbocycles. The minimum atomic E-state index is -0.938. The highest BCUT2D eigenvalue weighted by Crippen LogP contribution is 2.28. The molecule has 0 spiro atoms. The van der Waals surface area contributed by atoms with Crippen LogP contribution in [0.3, 0.4) is 0 Å². The summed E-state index contributed by atoms with van der Waals surface area (Å²) < 4.78 is 5.57. The maximum atomic E-state index is 12.3.